The number of phenolic OH excluding ortho intramolecular Hbond substituents is 1. The van der Waals surface area contributed by atoms with Crippen LogP contribution in [0.4, 0.5) is 5.69 Å². The molecule has 0 radical (unpaired) electrons. The number of hydrogen-bond donors (Lipinski definition) is 1. The normalized spacial score (nSPS) is 12.6. The second-order valence-corrected chi connectivity index (χ2v) is 7.70. The van der Waals surface area contributed by atoms with Crippen molar-refractivity contribution >= 4 is 28.3 Å². The Labute approximate surface area is 127 Å². The predicted octanol–water partition coefficient (Wildman–Crippen LogP) is 4.18. The second kappa shape index (κ2) is 8.04. The van der Waals surface area contributed by atoms with Gasteiger partial charge >= 0.3 is 37.9 Å². The fourth-order valence-electron chi connectivity index (χ4n) is 1.91. The molecular formula is C13H15Cl2NOZr. The van der Waals surface area contributed by atoms with E-state index in [1.807, 2.05) is 31.1 Å². The topological polar surface area (TPSA) is 23.5 Å². The van der Waals surface area contributed by atoms with Gasteiger partial charge < -0.3 is 10.0 Å². The number of anilines is 1. The van der Waals surface area contributed by atoms with Crippen molar-refractivity contribution in [2.75, 3.05) is 19.0 Å². The fraction of sp³-hybridized carbons (Fsp3) is 0.231. The van der Waals surface area contributed by atoms with Gasteiger partial charge in [0.2, 0.25) is 0 Å². The van der Waals surface area contributed by atoms with Crippen LogP contribution >= 0.6 is 17.0 Å². The monoisotopic (exact) mass is 361 g/mol. The fourth-order valence-corrected chi connectivity index (χ4v) is 1.91. The van der Waals surface area contributed by atoms with Crippen LogP contribution in [0.15, 0.2) is 36.4 Å². The zero-order valence-electron chi connectivity index (χ0n) is 10.3. The number of phenols is 1. The van der Waals surface area contributed by atoms with Crippen molar-refractivity contribution in [2.45, 2.75) is 6.42 Å². The van der Waals surface area contributed by atoms with Crippen LogP contribution in [0, 0.1) is 0 Å². The van der Waals surface area contributed by atoms with Gasteiger partial charge in [-0.3, -0.25) is 0 Å². The van der Waals surface area contributed by atoms with E-state index in [9.17, 15) is 5.11 Å². The van der Waals surface area contributed by atoms with Gasteiger partial charge in [-0.15, -0.1) is 0 Å². The summed E-state index contributed by atoms with van der Waals surface area (Å²) < 4.78 is 0. The van der Waals surface area contributed by atoms with Crippen molar-refractivity contribution in [1.82, 2.24) is 0 Å². The molecule has 0 amide bonds. The number of hydrogen-bond acceptors (Lipinski definition) is 2. The number of rotatable bonds is 2. The first-order valence-corrected chi connectivity index (χ1v) is 11.8. The van der Waals surface area contributed by atoms with E-state index in [0.29, 0.717) is 5.75 Å². The molecule has 1 N–H and O–H groups in total. The summed E-state index contributed by atoms with van der Waals surface area (Å²) in [6, 6.07) is 5.66. The molecule has 0 atom stereocenters. The maximum absolute atomic E-state index is 9.83. The molecule has 0 aliphatic heterocycles. The quantitative estimate of drug-likeness (QED) is 0.852. The number of nitrogens with zero attached hydrogens (tertiary/aromatic N) is 1. The number of aromatic hydroxyl groups is 1. The van der Waals surface area contributed by atoms with E-state index in [2.05, 4.69) is 18.2 Å². The molecular weight excluding hydrogens is 348 g/mol. The van der Waals surface area contributed by atoms with E-state index in [-0.39, 0.29) is 0 Å². The first-order valence-electron chi connectivity index (χ1n) is 5.43. The zero-order chi connectivity index (χ0) is 13.5. The minimum absolute atomic E-state index is 0.338. The average Bonchev–Trinajstić information content (AvgIpc) is 2.82. The average molecular weight is 363 g/mol. The van der Waals surface area contributed by atoms with Crippen molar-refractivity contribution in [3.05, 3.63) is 42.0 Å². The van der Waals surface area contributed by atoms with Gasteiger partial charge in [-0.2, -0.15) is 0 Å². The predicted molar refractivity (Wildman–Crippen MR) is 75.9 cm³/mol. The molecule has 0 spiro atoms. The zero-order valence-corrected chi connectivity index (χ0v) is 14.3. The van der Waals surface area contributed by atoms with Crippen LogP contribution in [0.1, 0.15) is 12.0 Å². The van der Waals surface area contributed by atoms with Crippen LogP contribution < -0.4 is 4.90 Å². The van der Waals surface area contributed by atoms with Gasteiger partial charge in [0.1, 0.15) is 5.75 Å². The molecule has 2 nitrogen and oxygen atoms in total. The molecule has 0 saturated carbocycles. The minimum atomic E-state index is -0.826. The Morgan fingerprint density at radius 1 is 1.28 bits per heavy atom. The first-order chi connectivity index (χ1) is 8.61. The molecule has 18 heavy (non-hydrogen) atoms. The van der Waals surface area contributed by atoms with Gasteiger partial charge in [0.25, 0.3) is 0 Å². The van der Waals surface area contributed by atoms with Gasteiger partial charge in [0, 0.05) is 19.7 Å². The maximum atomic E-state index is 9.83. The van der Waals surface area contributed by atoms with E-state index in [0.717, 1.165) is 17.7 Å². The van der Waals surface area contributed by atoms with Crippen LogP contribution in [-0.4, -0.2) is 19.2 Å². The molecule has 0 unspecified atom stereocenters. The Morgan fingerprint density at radius 2 is 1.94 bits per heavy atom. The molecule has 1 aliphatic rings. The Balaban J connectivity index is 0.000000492. The third-order valence-corrected chi connectivity index (χ3v) is 2.58. The summed E-state index contributed by atoms with van der Waals surface area (Å²) in [5.41, 5.74) is 3.27. The van der Waals surface area contributed by atoms with Crippen LogP contribution in [0.25, 0.3) is 5.57 Å². The van der Waals surface area contributed by atoms with Gasteiger partial charge in [-0.25, -0.2) is 0 Å². The summed E-state index contributed by atoms with van der Waals surface area (Å²) in [4.78, 5) is 1.95. The van der Waals surface area contributed by atoms with Gasteiger partial charge in [0.05, 0.1) is 5.69 Å². The van der Waals surface area contributed by atoms with Crippen molar-refractivity contribution in [3.63, 3.8) is 0 Å². The first kappa shape index (κ1) is 15.8. The summed E-state index contributed by atoms with van der Waals surface area (Å²) in [7, 11) is 13.8. The van der Waals surface area contributed by atoms with E-state index in [1.165, 1.54) is 5.57 Å². The van der Waals surface area contributed by atoms with Crippen LogP contribution in [0.5, 0.6) is 5.75 Å². The van der Waals surface area contributed by atoms with E-state index >= 15 is 0 Å². The van der Waals surface area contributed by atoms with Crippen LogP contribution in [0.3, 0.4) is 0 Å². The van der Waals surface area contributed by atoms with E-state index in [4.69, 9.17) is 17.0 Å². The van der Waals surface area contributed by atoms with E-state index in [1.54, 1.807) is 6.07 Å². The molecule has 5 heteroatoms. The Bertz CT molecular complexity index is 458. The van der Waals surface area contributed by atoms with Gasteiger partial charge in [-0.05, 0) is 18.1 Å². The third kappa shape index (κ3) is 4.15. The summed E-state index contributed by atoms with van der Waals surface area (Å²) in [6.07, 6.45) is 7.23. The second-order valence-electron chi connectivity index (χ2n) is 3.96. The van der Waals surface area contributed by atoms with Crippen molar-refractivity contribution < 1.29 is 26.0 Å². The van der Waals surface area contributed by atoms with Crippen LogP contribution in [0.2, 0.25) is 0 Å². The van der Waals surface area contributed by atoms with Crippen molar-refractivity contribution in [3.8, 4) is 5.75 Å². The Morgan fingerprint density at radius 3 is 2.44 bits per heavy atom. The van der Waals surface area contributed by atoms with Crippen molar-refractivity contribution in [1.29, 1.82) is 0 Å². The summed E-state index contributed by atoms with van der Waals surface area (Å²) >= 11 is -0.826. The molecule has 2 rings (SSSR count). The Kier molecular flexibility index (Phi) is 7.06. The molecule has 1 aliphatic carbocycles. The molecule has 96 valence electrons. The summed E-state index contributed by atoms with van der Waals surface area (Å²) in [6.45, 7) is 0. The number of halogens is 2. The number of allylic oxidation sites excluding steroid dienone is 4. The summed E-state index contributed by atoms with van der Waals surface area (Å²) in [5.74, 6) is 0.338. The molecule has 0 aromatic heterocycles. The van der Waals surface area contributed by atoms with Crippen molar-refractivity contribution in [2.24, 2.45) is 0 Å². The van der Waals surface area contributed by atoms with Gasteiger partial charge in [0.15, 0.2) is 0 Å². The molecule has 1 aromatic rings. The number of para-hydroxylation sites is 1. The van der Waals surface area contributed by atoms with E-state index < -0.39 is 20.8 Å². The number of benzene rings is 1. The standard InChI is InChI=1S/C13H15NO.2ClH.Zr/c1-14(2)13-11(8-5-9-12(13)15)10-6-3-4-7-10;;;/h3-6,8-9,15H,7H2,1-2H3;2*1H;/q;;;+2/p-2. The summed E-state index contributed by atoms with van der Waals surface area (Å²) in [5, 5.41) is 9.83. The molecule has 0 bridgehead atoms. The molecule has 0 fully saturated rings. The van der Waals surface area contributed by atoms with Crippen LogP contribution in [-0.2, 0) is 20.8 Å². The Hall–Kier alpha value is -0.237. The SMILES string of the molecule is CN(C)c1c(O)cccc1C1=CC=CC1.[Cl][Zr][Cl]. The molecule has 0 saturated heterocycles. The van der Waals surface area contributed by atoms with Gasteiger partial charge in [-0.1, -0.05) is 30.4 Å². The third-order valence-electron chi connectivity index (χ3n) is 2.58. The molecule has 1 aromatic carbocycles. The molecule has 0 heterocycles.